The molecule has 0 amide bonds. The van der Waals surface area contributed by atoms with Crippen LogP contribution in [0.15, 0.2) is 35.3 Å². The summed E-state index contributed by atoms with van der Waals surface area (Å²) in [7, 11) is 0. The number of nitrogens with one attached hydrogen (secondary N) is 1. The van der Waals surface area contributed by atoms with Gasteiger partial charge in [0.05, 0.1) is 5.56 Å². The summed E-state index contributed by atoms with van der Waals surface area (Å²) in [6.07, 6.45) is 1.10. The molecule has 17 heavy (non-hydrogen) atoms. The van der Waals surface area contributed by atoms with E-state index in [1.54, 1.807) is 0 Å². The Hall–Kier alpha value is -2.50. The number of aromatic amines is 1. The molecule has 0 fully saturated rings. The van der Waals surface area contributed by atoms with Crippen LogP contribution in [0.2, 0.25) is 0 Å². The van der Waals surface area contributed by atoms with Crippen molar-refractivity contribution in [3.63, 3.8) is 0 Å². The van der Waals surface area contributed by atoms with Crippen molar-refractivity contribution in [2.24, 2.45) is 0 Å². The van der Waals surface area contributed by atoms with Crippen LogP contribution < -0.4 is 11.4 Å². The first-order valence-corrected chi connectivity index (χ1v) is 4.73. The number of H-pyrrole nitrogens is 1. The molecule has 0 unspecified atom stereocenters. The third-order valence-electron chi connectivity index (χ3n) is 2.19. The van der Waals surface area contributed by atoms with Crippen molar-refractivity contribution in [1.82, 2.24) is 9.97 Å². The first kappa shape index (κ1) is 11.0. The van der Waals surface area contributed by atoms with Crippen LogP contribution >= 0.6 is 0 Å². The molecule has 0 bridgehead atoms. The van der Waals surface area contributed by atoms with E-state index < -0.39 is 17.3 Å². The number of anilines is 1. The Bertz CT molecular complexity index is 619. The van der Waals surface area contributed by atoms with Gasteiger partial charge in [-0.25, -0.2) is 14.2 Å². The molecule has 1 aromatic carbocycles. The van der Waals surface area contributed by atoms with Gasteiger partial charge >= 0.3 is 5.69 Å². The van der Waals surface area contributed by atoms with E-state index in [2.05, 4.69) is 9.97 Å². The molecule has 0 atom stereocenters. The molecule has 0 spiro atoms. The Morgan fingerprint density at radius 2 is 1.94 bits per heavy atom. The number of rotatable bonds is 2. The number of aromatic nitrogens is 2. The number of nitrogen functional groups attached to an aromatic ring is 1. The smallest absolute Gasteiger partial charge is 0.346 e. The van der Waals surface area contributed by atoms with Gasteiger partial charge in [-0.1, -0.05) is 0 Å². The van der Waals surface area contributed by atoms with Gasteiger partial charge in [-0.15, -0.1) is 0 Å². The number of ketones is 1. The van der Waals surface area contributed by atoms with E-state index in [0.717, 1.165) is 6.20 Å². The number of benzene rings is 1. The standard InChI is InChI=1S/C11H8FN3O2/c12-7-3-1-6(2-4-7)9(16)8-5-14-11(17)15-10(8)13/h1-5H,(H3,13,14,15,17). The van der Waals surface area contributed by atoms with Crippen molar-refractivity contribution < 1.29 is 9.18 Å². The molecule has 6 heteroatoms. The topological polar surface area (TPSA) is 88.8 Å². The van der Waals surface area contributed by atoms with Gasteiger partial charge in [0.2, 0.25) is 0 Å². The Morgan fingerprint density at radius 1 is 1.29 bits per heavy atom. The lowest BCUT2D eigenvalue weighted by atomic mass is 10.1. The molecule has 2 aromatic rings. The van der Waals surface area contributed by atoms with Gasteiger partial charge in [0, 0.05) is 11.8 Å². The van der Waals surface area contributed by atoms with Gasteiger partial charge in [0.1, 0.15) is 11.6 Å². The lowest BCUT2D eigenvalue weighted by Gasteiger charge is -2.03. The summed E-state index contributed by atoms with van der Waals surface area (Å²) in [4.78, 5) is 28.4. The SMILES string of the molecule is Nc1[nH]c(=O)ncc1C(=O)c1ccc(F)cc1. The summed E-state index contributed by atoms with van der Waals surface area (Å²) < 4.78 is 12.7. The molecule has 0 radical (unpaired) electrons. The van der Waals surface area contributed by atoms with Crippen molar-refractivity contribution in [3.05, 3.63) is 57.9 Å². The number of nitrogens with two attached hydrogens (primary N) is 1. The van der Waals surface area contributed by atoms with E-state index in [1.807, 2.05) is 0 Å². The Balaban J connectivity index is 2.43. The maximum atomic E-state index is 12.7. The maximum absolute atomic E-state index is 12.7. The minimum absolute atomic E-state index is 0.0562. The third kappa shape index (κ3) is 2.20. The Labute approximate surface area is 95.1 Å². The second-order valence-electron chi connectivity index (χ2n) is 3.35. The zero-order valence-electron chi connectivity index (χ0n) is 8.61. The summed E-state index contributed by atoms with van der Waals surface area (Å²) in [5.74, 6) is -0.917. The Morgan fingerprint density at radius 3 is 2.53 bits per heavy atom. The van der Waals surface area contributed by atoms with Crippen LogP contribution in [0, 0.1) is 5.82 Å². The third-order valence-corrected chi connectivity index (χ3v) is 2.19. The summed E-state index contributed by atoms with van der Waals surface area (Å²) >= 11 is 0. The number of hydrogen-bond acceptors (Lipinski definition) is 4. The van der Waals surface area contributed by atoms with Crippen molar-refractivity contribution >= 4 is 11.6 Å². The molecule has 0 saturated heterocycles. The highest BCUT2D eigenvalue weighted by Crippen LogP contribution is 2.12. The van der Waals surface area contributed by atoms with E-state index in [-0.39, 0.29) is 16.9 Å². The van der Waals surface area contributed by atoms with Crippen molar-refractivity contribution in [2.45, 2.75) is 0 Å². The fourth-order valence-corrected chi connectivity index (χ4v) is 1.35. The van der Waals surface area contributed by atoms with Gasteiger partial charge < -0.3 is 5.73 Å². The normalized spacial score (nSPS) is 10.2. The van der Waals surface area contributed by atoms with Gasteiger partial charge in [-0.05, 0) is 24.3 Å². The Kier molecular flexibility index (Phi) is 2.70. The molecule has 86 valence electrons. The highest BCUT2D eigenvalue weighted by molar-refractivity contribution is 6.11. The molecule has 1 aromatic heterocycles. The van der Waals surface area contributed by atoms with E-state index in [9.17, 15) is 14.0 Å². The lowest BCUT2D eigenvalue weighted by Crippen LogP contribution is -2.17. The summed E-state index contributed by atoms with van der Waals surface area (Å²) in [6, 6.07) is 5.01. The predicted molar refractivity (Wildman–Crippen MR) is 59.1 cm³/mol. The van der Waals surface area contributed by atoms with Crippen molar-refractivity contribution in [2.75, 3.05) is 5.73 Å². The van der Waals surface area contributed by atoms with Crippen LogP contribution in [0.25, 0.3) is 0 Å². The van der Waals surface area contributed by atoms with Crippen LogP contribution in [0.3, 0.4) is 0 Å². The number of carbonyl (C=O) groups excluding carboxylic acids is 1. The summed E-state index contributed by atoms with van der Waals surface area (Å²) in [6.45, 7) is 0. The number of nitrogens with zero attached hydrogens (tertiary/aromatic N) is 1. The van der Waals surface area contributed by atoms with Crippen molar-refractivity contribution in [1.29, 1.82) is 0 Å². The monoisotopic (exact) mass is 233 g/mol. The number of carbonyl (C=O) groups is 1. The molecule has 2 rings (SSSR count). The van der Waals surface area contributed by atoms with Crippen molar-refractivity contribution in [3.8, 4) is 0 Å². The molecular formula is C11H8FN3O2. The second-order valence-corrected chi connectivity index (χ2v) is 3.35. The van der Waals surface area contributed by atoms with Crippen LogP contribution in [0.4, 0.5) is 10.2 Å². The van der Waals surface area contributed by atoms with E-state index >= 15 is 0 Å². The molecule has 0 aliphatic rings. The van der Waals surface area contributed by atoms with Crippen LogP contribution in [0.1, 0.15) is 15.9 Å². The molecule has 1 heterocycles. The van der Waals surface area contributed by atoms with Crippen LogP contribution in [0.5, 0.6) is 0 Å². The van der Waals surface area contributed by atoms with Gasteiger partial charge in [-0.3, -0.25) is 9.78 Å². The second kappa shape index (κ2) is 4.17. The largest absolute Gasteiger partial charge is 0.384 e. The lowest BCUT2D eigenvalue weighted by molar-refractivity contribution is 0.103. The first-order chi connectivity index (χ1) is 8.08. The fraction of sp³-hybridized carbons (Fsp3) is 0. The maximum Gasteiger partial charge on any atom is 0.346 e. The number of hydrogen-bond donors (Lipinski definition) is 2. The van der Waals surface area contributed by atoms with Crippen LogP contribution in [-0.2, 0) is 0 Å². The molecule has 0 saturated carbocycles. The molecule has 3 N–H and O–H groups in total. The van der Waals surface area contributed by atoms with E-state index in [4.69, 9.17) is 5.73 Å². The highest BCUT2D eigenvalue weighted by Gasteiger charge is 2.13. The molecular weight excluding hydrogens is 225 g/mol. The van der Waals surface area contributed by atoms with Gasteiger partial charge in [-0.2, -0.15) is 0 Å². The minimum atomic E-state index is -0.627. The average molecular weight is 233 g/mol. The van der Waals surface area contributed by atoms with Crippen LogP contribution in [-0.4, -0.2) is 15.8 Å². The molecule has 5 nitrogen and oxygen atoms in total. The molecule has 0 aliphatic heterocycles. The van der Waals surface area contributed by atoms with E-state index in [1.165, 1.54) is 24.3 Å². The van der Waals surface area contributed by atoms with Gasteiger partial charge in [0.25, 0.3) is 0 Å². The number of halogens is 1. The fourth-order valence-electron chi connectivity index (χ4n) is 1.35. The zero-order valence-corrected chi connectivity index (χ0v) is 8.61. The van der Waals surface area contributed by atoms with Gasteiger partial charge in [0.15, 0.2) is 5.78 Å². The first-order valence-electron chi connectivity index (χ1n) is 4.73. The predicted octanol–water partition coefficient (Wildman–Crippen LogP) is 0.722. The summed E-state index contributed by atoms with van der Waals surface area (Å²) in [5, 5.41) is 0. The summed E-state index contributed by atoms with van der Waals surface area (Å²) in [5.41, 5.74) is 5.22. The molecule has 0 aliphatic carbocycles. The zero-order chi connectivity index (χ0) is 12.4. The quantitative estimate of drug-likeness (QED) is 0.748. The van der Waals surface area contributed by atoms with E-state index in [0.29, 0.717) is 0 Å². The highest BCUT2D eigenvalue weighted by atomic mass is 19.1. The average Bonchev–Trinajstić information content (AvgIpc) is 2.29. The minimum Gasteiger partial charge on any atom is -0.384 e.